The fourth-order valence-corrected chi connectivity index (χ4v) is 2.37. The van der Waals surface area contributed by atoms with Crippen LogP contribution in [0.2, 0.25) is 0 Å². The first kappa shape index (κ1) is 17.5. The predicted molar refractivity (Wildman–Crippen MR) is 82.6 cm³/mol. The molecule has 0 spiro atoms. The highest BCUT2D eigenvalue weighted by atomic mass is 35.5. The van der Waals surface area contributed by atoms with Crippen molar-refractivity contribution in [3.8, 4) is 5.75 Å². The Labute approximate surface area is 130 Å². The Morgan fingerprint density at radius 3 is 2.48 bits per heavy atom. The number of carbonyl (C=O) groups excluding carboxylic acids is 1. The van der Waals surface area contributed by atoms with Crippen molar-refractivity contribution < 1.29 is 13.9 Å². The van der Waals surface area contributed by atoms with Gasteiger partial charge in [0, 0.05) is 32.2 Å². The van der Waals surface area contributed by atoms with Crippen molar-refractivity contribution in [2.75, 3.05) is 38.2 Å². The monoisotopic (exact) mass is 317 g/mol. The van der Waals surface area contributed by atoms with E-state index in [1.165, 1.54) is 19.2 Å². The van der Waals surface area contributed by atoms with Crippen molar-refractivity contribution >= 4 is 24.0 Å². The molecule has 1 amide bonds. The molecule has 1 saturated heterocycles. The van der Waals surface area contributed by atoms with Crippen molar-refractivity contribution in [3.05, 3.63) is 24.0 Å². The highest BCUT2D eigenvalue weighted by Crippen LogP contribution is 2.29. The predicted octanol–water partition coefficient (Wildman–Crippen LogP) is 1.25. The van der Waals surface area contributed by atoms with Gasteiger partial charge >= 0.3 is 0 Å². The number of benzene rings is 1. The summed E-state index contributed by atoms with van der Waals surface area (Å²) >= 11 is 0. The third-order valence-electron chi connectivity index (χ3n) is 3.46. The van der Waals surface area contributed by atoms with E-state index < -0.39 is 6.04 Å². The van der Waals surface area contributed by atoms with Crippen LogP contribution < -0.4 is 15.4 Å². The molecule has 1 aromatic rings. The molecule has 0 saturated carbocycles. The average Bonchev–Trinajstić information content (AvgIpc) is 2.46. The summed E-state index contributed by atoms with van der Waals surface area (Å²) in [5.41, 5.74) is 6.46. The number of piperazine rings is 1. The molecule has 0 radical (unpaired) electrons. The van der Waals surface area contributed by atoms with Gasteiger partial charge in [-0.05, 0) is 19.1 Å². The van der Waals surface area contributed by atoms with Gasteiger partial charge < -0.3 is 20.3 Å². The maximum atomic E-state index is 13.2. The van der Waals surface area contributed by atoms with Gasteiger partial charge in [-0.3, -0.25) is 4.79 Å². The summed E-state index contributed by atoms with van der Waals surface area (Å²) in [6, 6.07) is 4.02. The molecule has 2 rings (SSSR count). The fourth-order valence-electron chi connectivity index (χ4n) is 2.37. The molecular formula is C14H21ClFN3O2. The van der Waals surface area contributed by atoms with Crippen molar-refractivity contribution in [2.24, 2.45) is 5.73 Å². The maximum absolute atomic E-state index is 13.2. The lowest BCUT2D eigenvalue weighted by Crippen LogP contribution is -2.52. The molecule has 1 atom stereocenters. The van der Waals surface area contributed by atoms with Crippen molar-refractivity contribution in [1.82, 2.24) is 4.90 Å². The van der Waals surface area contributed by atoms with Gasteiger partial charge in [0.2, 0.25) is 5.91 Å². The molecule has 1 unspecified atom stereocenters. The third kappa shape index (κ3) is 3.98. The first-order valence-corrected chi connectivity index (χ1v) is 6.65. The zero-order valence-corrected chi connectivity index (χ0v) is 13.0. The quantitative estimate of drug-likeness (QED) is 0.911. The van der Waals surface area contributed by atoms with Crippen LogP contribution in [0.4, 0.5) is 10.1 Å². The van der Waals surface area contributed by atoms with Crippen LogP contribution in [0.25, 0.3) is 0 Å². The number of hydrogen-bond acceptors (Lipinski definition) is 4. The van der Waals surface area contributed by atoms with Gasteiger partial charge in [-0.25, -0.2) is 4.39 Å². The molecule has 118 valence electrons. The van der Waals surface area contributed by atoms with Crippen LogP contribution in [0, 0.1) is 5.82 Å². The molecule has 21 heavy (non-hydrogen) atoms. The number of hydrogen-bond donors (Lipinski definition) is 1. The number of carbonyl (C=O) groups is 1. The topological polar surface area (TPSA) is 58.8 Å². The van der Waals surface area contributed by atoms with E-state index in [0.29, 0.717) is 31.9 Å². The lowest BCUT2D eigenvalue weighted by Gasteiger charge is -2.37. The highest BCUT2D eigenvalue weighted by Gasteiger charge is 2.24. The molecule has 1 aromatic carbocycles. The molecule has 1 heterocycles. The van der Waals surface area contributed by atoms with Gasteiger partial charge in [-0.15, -0.1) is 12.4 Å². The number of rotatable bonds is 3. The number of methoxy groups -OCH3 is 1. The van der Waals surface area contributed by atoms with E-state index in [2.05, 4.69) is 4.90 Å². The third-order valence-corrected chi connectivity index (χ3v) is 3.46. The van der Waals surface area contributed by atoms with Crippen LogP contribution >= 0.6 is 12.4 Å². The molecule has 0 bridgehead atoms. The lowest BCUT2D eigenvalue weighted by atomic mass is 10.2. The van der Waals surface area contributed by atoms with Crippen molar-refractivity contribution in [1.29, 1.82) is 0 Å². The van der Waals surface area contributed by atoms with Crippen LogP contribution in [-0.2, 0) is 4.79 Å². The highest BCUT2D eigenvalue weighted by molar-refractivity contribution is 5.85. The van der Waals surface area contributed by atoms with Crippen molar-refractivity contribution in [3.63, 3.8) is 0 Å². The number of nitrogens with zero attached hydrogens (tertiary/aromatic N) is 2. The van der Waals surface area contributed by atoms with E-state index in [4.69, 9.17) is 10.5 Å². The van der Waals surface area contributed by atoms with Gasteiger partial charge in [0.15, 0.2) is 0 Å². The van der Waals surface area contributed by atoms with Crippen LogP contribution in [-0.4, -0.2) is 50.1 Å². The molecule has 1 fully saturated rings. The van der Waals surface area contributed by atoms with E-state index >= 15 is 0 Å². The minimum absolute atomic E-state index is 0. The van der Waals surface area contributed by atoms with E-state index in [1.807, 2.05) is 0 Å². The summed E-state index contributed by atoms with van der Waals surface area (Å²) in [4.78, 5) is 15.7. The number of ether oxygens (including phenoxy) is 1. The van der Waals surface area contributed by atoms with Gasteiger partial charge in [-0.1, -0.05) is 0 Å². The van der Waals surface area contributed by atoms with Gasteiger partial charge in [-0.2, -0.15) is 0 Å². The zero-order valence-electron chi connectivity index (χ0n) is 12.2. The fraction of sp³-hybridized carbons (Fsp3) is 0.500. The van der Waals surface area contributed by atoms with E-state index in [1.54, 1.807) is 17.9 Å². The van der Waals surface area contributed by atoms with E-state index in [9.17, 15) is 9.18 Å². The Kier molecular flexibility index (Phi) is 6.23. The van der Waals surface area contributed by atoms with E-state index in [-0.39, 0.29) is 24.1 Å². The van der Waals surface area contributed by atoms with E-state index in [0.717, 1.165) is 5.69 Å². The van der Waals surface area contributed by atoms with Crippen molar-refractivity contribution in [2.45, 2.75) is 13.0 Å². The lowest BCUT2D eigenvalue weighted by molar-refractivity contribution is -0.132. The summed E-state index contributed by atoms with van der Waals surface area (Å²) in [5, 5.41) is 0. The standard InChI is InChI=1S/C14H20FN3O2.ClH/c1-10(16)14(19)18-7-5-17(6-8-18)12-4-3-11(15)9-13(12)20-2;/h3-4,9-10H,5-8,16H2,1-2H3;1H. The first-order valence-electron chi connectivity index (χ1n) is 6.65. The number of halogens is 2. The molecule has 1 aliphatic heterocycles. The Morgan fingerprint density at radius 2 is 1.95 bits per heavy atom. The SMILES string of the molecule is COc1cc(F)ccc1N1CCN(C(=O)C(C)N)CC1.Cl. The Balaban J connectivity index is 0.00000220. The van der Waals surface area contributed by atoms with Crippen LogP contribution in [0.15, 0.2) is 18.2 Å². The second-order valence-corrected chi connectivity index (χ2v) is 4.92. The second kappa shape index (κ2) is 7.47. The normalized spacial score (nSPS) is 16.2. The maximum Gasteiger partial charge on any atom is 0.239 e. The molecule has 2 N–H and O–H groups in total. The van der Waals surface area contributed by atoms with Crippen LogP contribution in [0.1, 0.15) is 6.92 Å². The number of amides is 1. The molecule has 0 aliphatic carbocycles. The molecule has 7 heteroatoms. The van der Waals surface area contributed by atoms with Gasteiger partial charge in [0.25, 0.3) is 0 Å². The second-order valence-electron chi connectivity index (χ2n) is 4.92. The average molecular weight is 318 g/mol. The first-order chi connectivity index (χ1) is 9.52. The molecule has 5 nitrogen and oxygen atoms in total. The summed E-state index contributed by atoms with van der Waals surface area (Å²) in [7, 11) is 1.52. The molecule has 0 aromatic heterocycles. The Bertz CT molecular complexity index is 491. The Hall–Kier alpha value is -1.53. The molecule has 1 aliphatic rings. The molecular weight excluding hydrogens is 297 g/mol. The van der Waals surface area contributed by atoms with Crippen LogP contribution in [0.3, 0.4) is 0 Å². The van der Waals surface area contributed by atoms with Crippen LogP contribution in [0.5, 0.6) is 5.75 Å². The summed E-state index contributed by atoms with van der Waals surface area (Å²) in [5.74, 6) is 0.157. The van der Waals surface area contributed by atoms with Gasteiger partial charge in [0.1, 0.15) is 11.6 Å². The summed E-state index contributed by atoms with van der Waals surface area (Å²) < 4.78 is 18.4. The number of anilines is 1. The number of nitrogens with two attached hydrogens (primary N) is 1. The largest absolute Gasteiger partial charge is 0.494 e. The van der Waals surface area contributed by atoms with Gasteiger partial charge in [0.05, 0.1) is 18.8 Å². The Morgan fingerprint density at radius 1 is 1.33 bits per heavy atom. The minimum Gasteiger partial charge on any atom is -0.494 e. The summed E-state index contributed by atoms with van der Waals surface area (Å²) in [6.07, 6.45) is 0. The smallest absolute Gasteiger partial charge is 0.239 e. The summed E-state index contributed by atoms with van der Waals surface area (Å²) in [6.45, 7) is 4.28. The zero-order chi connectivity index (χ0) is 14.7. The minimum atomic E-state index is -0.470.